The summed E-state index contributed by atoms with van der Waals surface area (Å²) < 4.78 is 14.0. The number of carbonyl (C=O) groups is 2. The molecule has 1 atom stereocenters. The molecule has 0 saturated heterocycles. The third-order valence-corrected chi connectivity index (χ3v) is 5.61. The number of carboxylic acids is 1. The van der Waals surface area contributed by atoms with E-state index in [2.05, 4.69) is 0 Å². The van der Waals surface area contributed by atoms with Crippen molar-refractivity contribution in [2.45, 2.75) is 38.5 Å². The molecular weight excluding hydrogens is 343 g/mol. The maximum atomic E-state index is 14.0. The van der Waals surface area contributed by atoms with E-state index in [0.717, 1.165) is 35.1 Å². The highest BCUT2D eigenvalue weighted by Gasteiger charge is 2.38. The number of carboxylic acid groups (broad SMARTS) is 1. The quantitative estimate of drug-likeness (QED) is 0.857. The van der Waals surface area contributed by atoms with Gasteiger partial charge in [0.05, 0.1) is 0 Å². The van der Waals surface area contributed by atoms with Crippen LogP contribution in [0.25, 0.3) is 5.57 Å². The van der Waals surface area contributed by atoms with Crippen molar-refractivity contribution in [1.29, 1.82) is 0 Å². The predicted molar refractivity (Wildman–Crippen MR) is 101 cm³/mol. The van der Waals surface area contributed by atoms with Crippen LogP contribution in [-0.4, -0.2) is 16.9 Å². The lowest BCUT2D eigenvalue weighted by atomic mass is 9.85. The molecule has 1 saturated carbocycles. The maximum absolute atomic E-state index is 14.0. The van der Waals surface area contributed by atoms with Crippen molar-refractivity contribution in [3.05, 3.63) is 76.1 Å². The van der Waals surface area contributed by atoms with E-state index < -0.39 is 11.9 Å². The number of aliphatic carboxylic acids is 1. The van der Waals surface area contributed by atoms with Crippen molar-refractivity contribution in [3.63, 3.8) is 0 Å². The summed E-state index contributed by atoms with van der Waals surface area (Å²) >= 11 is 0. The largest absolute Gasteiger partial charge is 0.478 e. The van der Waals surface area contributed by atoms with Crippen LogP contribution in [0.4, 0.5) is 4.39 Å². The fraction of sp³-hybridized carbons (Fsp3) is 0.304. The first-order valence-electron chi connectivity index (χ1n) is 9.29. The molecule has 1 unspecified atom stereocenters. The topological polar surface area (TPSA) is 54.4 Å². The van der Waals surface area contributed by atoms with Crippen molar-refractivity contribution >= 4 is 17.3 Å². The van der Waals surface area contributed by atoms with Gasteiger partial charge in [0.15, 0.2) is 0 Å². The number of halogens is 1. The second kappa shape index (κ2) is 6.76. The molecule has 2 aromatic rings. The van der Waals surface area contributed by atoms with Gasteiger partial charge >= 0.3 is 5.97 Å². The van der Waals surface area contributed by atoms with Gasteiger partial charge in [0.2, 0.25) is 0 Å². The van der Waals surface area contributed by atoms with Crippen LogP contribution in [0, 0.1) is 18.7 Å². The minimum absolute atomic E-state index is 0.0745. The smallest absolute Gasteiger partial charge is 0.332 e. The summed E-state index contributed by atoms with van der Waals surface area (Å²) in [6.07, 6.45) is 2.22. The normalized spacial score (nSPS) is 19.6. The molecule has 0 bridgehead atoms. The first-order chi connectivity index (χ1) is 13.0. The molecule has 1 N–H and O–H groups in total. The second-order valence-corrected chi connectivity index (χ2v) is 7.54. The molecule has 138 valence electrons. The number of hydrogen-bond acceptors (Lipinski definition) is 2. The molecule has 1 fully saturated rings. The van der Waals surface area contributed by atoms with Gasteiger partial charge < -0.3 is 5.11 Å². The van der Waals surface area contributed by atoms with Crippen molar-refractivity contribution in [2.75, 3.05) is 0 Å². The van der Waals surface area contributed by atoms with Gasteiger partial charge in [-0.3, -0.25) is 4.79 Å². The molecule has 0 aliphatic heterocycles. The van der Waals surface area contributed by atoms with Crippen molar-refractivity contribution in [1.82, 2.24) is 0 Å². The highest BCUT2D eigenvalue weighted by atomic mass is 19.1. The Kier molecular flexibility index (Phi) is 4.42. The van der Waals surface area contributed by atoms with E-state index in [9.17, 15) is 19.1 Å². The summed E-state index contributed by atoms with van der Waals surface area (Å²) in [6.45, 7) is 1.70. The van der Waals surface area contributed by atoms with E-state index in [0.29, 0.717) is 12.0 Å². The molecule has 0 radical (unpaired) electrons. The minimum Gasteiger partial charge on any atom is -0.478 e. The summed E-state index contributed by atoms with van der Waals surface area (Å²) in [4.78, 5) is 24.9. The van der Waals surface area contributed by atoms with Crippen LogP contribution in [0.5, 0.6) is 0 Å². The number of rotatable bonds is 4. The molecule has 0 amide bonds. The fourth-order valence-corrected chi connectivity index (χ4v) is 4.03. The lowest BCUT2D eigenvalue weighted by Crippen LogP contribution is -2.16. The van der Waals surface area contributed by atoms with Gasteiger partial charge in [-0.2, -0.15) is 0 Å². The van der Waals surface area contributed by atoms with Gasteiger partial charge in [-0.25, -0.2) is 9.18 Å². The number of ketones is 1. The first-order valence-corrected chi connectivity index (χ1v) is 9.29. The molecule has 2 aromatic carbocycles. The predicted octanol–water partition coefficient (Wildman–Crippen LogP) is 4.68. The van der Waals surface area contributed by atoms with E-state index in [1.807, 2.05) is 30.3 Å². The maximum Gasteiger partial charge on any atom is 0.332 e. The monoisotopic (exact) mass is 364 g/mol. The van der Waals surface area contributed by atoms with E-state index in [4.69, 9.17) is 0 Å². The number of allylic oxidation sites excluding steroid dienone is 1. The molecule has 0 heterocycles. The summed E-state index contributed by atoms with van der Waals surface area (Å²) in [6, 6.07) is 12.6. The van der Waals surface area contributed by atoms with Gasteiger partial charge in [-0.15, -0.1) is 0 Å². The number of carbonyl (C=O) groups excluding carboxylic acids is 1. The number of benzene rings is 2. The van der Waals surface area contributed by atoms with Crippen LogP contribution >= 0.6 is 0 Å². The third-order valence-electron chi connectivity index (χ3n) is 5.61. The Hall–Kier alpha value is -2.75. The van der Waals surface area contributed by atoms with Crippen molar-refractivity contribution < 1.29 is 19.1 Å². The van der Waals surface area contributed by atoms with Crippen LogP contribution in [0.1, 0.15) is 47.4 Å². The Morgan fingerprint density at radius 1 is 1.19 bits per heavy atom. The van der Waals surface area contributed by atoms with Crippen LogP contribution in [0.15, 0.2) is 48.0 Å². The standard InChI is InChI=1S/C23H21FO3/c1-13-6-7-14(11-20(13)24)10-18-16-4-2-3-5-17(16)22(15-8-9-15)19(23(26)27)12-21(18)25/h2-7,11,15,18H,8-10,12H2,1H3,(H,26,27). The van der Waals surface area contributed by atoms with Gasteiger partial charge in [0, 0.05) is 17.9 Å². The highest BCUT2D eigenvalue weighted by Crippen LogP contribution is 2.48. The van der Waals surface area contributed by atoms with E-state index in [1.54, 1.807) is 13.0 Å². The Balaban J connectivity index is 1.80. The third kappa shape index (κ3) is 3.32. The van der Waals surface area contributed by atoms with Crippen LogP contribution in [-0.2, 0) is 16.0 Å². The number of Topliss-reactive ketones (excluding diaryl/α,β-unsaturated/α-hetero) is 1. The van der Waals surface area contributed by atoms with Crippen molar-refractivity contribution in [2.24, 2.45) is 5.92 Å². The van der Waals surface area contributed by atoms with E-state index in [1.165, 1.54) is 6.07 Å². The van der Waals surface area contributed by atoms with Crippen LogP contribution in [0.3, 0.4) is 0 Å². The zero-order chi connectivity index (χ0) is 19.1. The van der Waals surface area contributed by atoms with Gasteiger partial charge in [-0.1, -0.05) is 36.4 Å². The molecule has 0 spiro atoms. The summed E-state index contributed by atoms with van der Waals surface area (Å²) in [5.74, 6) is -1.65. The number of hydrogen-bond donors (Lipinski definition) is 1. The second-order valence-electron chi connectivity index (χ2n) is 7.54. The average Bonchev–Trinajstić information content (AvgIpc) is 3.47. The number of aryl methyl sites for hydroxylation is 1. The van der Waals surface area contributed by atoms with Gasteiger partial charge in [0.1, 0.15) is 11.6 Å². The fourth-order valence-electron chi connectivity index (χ4n) is 4.03. The van der Waals surface area contributed by atoms with Crippen LogP contribution in [0.2, 0.25) is 0 Å². The molecule has 4 rings (SSSR count). The molecule has 2 aliphatic rings. The van der Waals surface area contributed by atoms with E-state index >= 15 is 0 Å². The Bertz CT molecular complexity index is 969. The first kappa shape index (κ1) is 17.7. The Labute approximate surface area is 157 Å². The molecule has 0 aromatic heterocycles. The molecule has 4 heteroatoms. The SMILES string of the molecule is Cc1ccc(CC2C(=O)CC(C(=O)O)=C(C3CC3)c3ccccc32)cc1F. The van der Waals surface area contributed by atoms with Gasteiger partial charge in [-0.05, 0) is 66.0 Å². The molecule has 27 heavy (non-hydrogen) atoms. The Morgan fingerprint density at radius 2 is 1.93 bits per heavy atom. The lowest BCUT2D eigenvalue weighted by molar-refractivity contribution is -0.134. The molecular formula is C23H21FO3. The zero-order valence-corrected chi connectivity index (χ0v) is 15.2. The zero-order valence-electron chi connectivity index (χ0n) is 15.2. The van der Waals surface area contributed by atoms with Crippen molar-refractivity contribution in [3.8, 4) is 0 Å². The molecule has 2 aliphatic carbocycles. The van der Waals surface area contributed by atoms with E-state index in [-0.39, 0.29) is 29.5 Å². The Morgan fingerprint density at radius 3 is 2.59 bits per heavy atom. The van der Waals surface area contributed by atoms with Gasteiger partial charge in [0.25, 0.3) is 0 Å². The average molecular weight is 364 g/mol. The lowest BCUT2D eigenvalue weighted by Gasteiger charge is -2.18. The van der Waals surface area contributed by atoms with Crippen LogP contribution < -0.4 is 0 Å². The summed E-state index contributed by atoms with van der Waals surface area (Å²) in [5.41, 5.74) is 4.11. The molecule has 3 nitrogen and oxygen atoms in total. The summed E-state index contributed by atoms with van der Waals surface area (Å²) in [5, 5.41) is 9.74. The summed E-state index contributed by atoms with van der Waals surface area (Å²) in [7, 11) is 0. The highest BCUT2D eigenvalue weighted by molar-refractivity contribution is 6.06. The minimum atomic E-state index is -1.01. The number of fused-ring (bicyclic) bond motifs is 1.